The third-order valence-corrected chi connectivity index (χ3v) is 3.61. The summed E-state index contributed by atoms with van der Waals surface area (Å²) in [5, 5.41) is 4.71. The summed E-state index contributed by atoms with van der Waals surface area (Å²) in [6.07, 6.45) is 0. The van der Waals surface area contributed by atoms with Gasteiger partial charge in [-0.3, -0.25) is 0 Å². The molecule has 0 N–H and O–H groups in total. The SMILES string of the molecule is Cc1cc(C)n(-c2nc(C)c(Br)c(Cl)n2)n1. The first-order chi connectivity index (χ1) is 7.49. The van der Waals surface area contributed by atoms with Crippen molar-refractivity contribution in [3.05, 3.63) is 32.8 Å². The van der Waals surface area contributed by atoms with E-state index in [4.69, 9.17) is 11.6 Å². The van der Waals surface area contributed by atoms with E-state index in [1.807, 2.05) is 26.8 Å². The highest BCUT2D eigenvalue weighted by molar-refractivity contribution is 9.10. The summed E-state index contributed by atoms with van der Waals surface area (Å²) in [6, 6.07) is 1.97. The quantitative estimate of drug-likeness (QED) is 0.761. The average molecular weight is 302 g/mol. The lowest BCUT2D eigenvalue weighted by Crippen LogP contribution is -2.06. The third-order valence-electron chi connectivity index (χ3n) is 2.16. The van der Waals surface area contributed by atoms with Gasteiger partial charge in [0.05, 0.1) is 15.9 Å². The Labute approximate surface area is 107 Å². The van der Waals surface area contributed by atoms with Crippen molar-refractivity contribution in [1.29, 1.82) is 0 Å². The van der Waals surface area contributed by atoms with Crippen LogP contribution in [0.3, 0.4) is 0 Å². The van der Waals surface area contributed by atoms with Crippen molar-refractivity contribution in [2.45, 2.75) is 20.8 Å². The maximum atomic E-state index is 5.99. The number of halogens is 2. The van der Waals surface area contributed by atoms with Crippen LogP contribution in [0.25, 0.3) is 5.95 Å². The Hall–Kier alpha value is -0.940. The Balaban J connectivity index is 2.61. The molecule has 0 bridgehead atoms. The molecule has 0 aromatic carbocycles. The zero-order valence-corrected chi connectivity index (χ0v) is 11.5. The van der Waals surface area contributed by atoms with Crippen LogP contribution in [0, 0.1) is 20.8 Å². The number of nitrogens with zero attached hydrogens (tertiary/aromatic N) is 4. The van der Waals surface area contributed by atoms with Gasteiger partial charge in [-0.1, -0.05) is 11.6 Å². The van der Waals surface area contributed by atoms with Gasteiger partial charge < -0.3 is 0 Å². The molecule has 0 saturated carbocycles. The molecule has 0 spiro atoms. The van der Waals surface area contributed by atoms with Gasteiger partial charge in [-0.05, 0) is 42.8 Å². The molecule has 2 heterocycles. The van der Waals surface area contributed by atoms with Gasteiger partial charge in [0.2, 0.25) is 0 Å². The van der Waals surface area contributed by atoms with E-state index in [0.29, 0.717) is 11.1 Å². The van der Waals surface area contributed by atoms with Gasteiger partial charge in [0.25, 0.3) is 5.95 Å². The van der Waals surface area contributed by atoms with Gasteiger partial charge >= 0.3 is 0 Å². The van der Waals surface area contributed by atoms with Crippen LogP contribution < -0.4 is 0 Å². The highest BCUT2D eigenvalue weighted by atomic mass is 79.9. The van der Waals surface area contributed by atoms with E-state index in [-0.39, 0.29) is 0 Å². The van der Waals surface area contributed by atoms with Crippen molar-refractivity contribution in [3.63, 3.8) is 0 Å². The highest BCUT2D eigenvalue weighted by Crippen LogP contribution is 2.23. The van der Waals surface area contributed by atoms with Crippen molar-refractivity contribution in [2.24, 2.45) is 0 Å². The molecule has 6 heteroatoms. The van der Waals surface area contributed by atoms with E-state index in [1.54, 1.807) is 4.68 Å². The van der Waals surface area contributed by atoms with Crippen LogP contribution in [0.4, 0.5) is 0 Å². The summed E-state index contributed by atoms with van der Waals surface area (Å²) in [5.41, 5.74) is 2.70. The van der Waals surface area contributed by atoms with Crippen LogP contribution in [0.15, 0.2) is 10.5 Å². The maximum Gasteiger partial charge on any atom is 0.252 e. The van der Waals surface area contributed by atoms with Crippen molar-refractivity contribution in [3.8, 4) is 5.95 Å². The molecule has 2 rings (SSSR count). The van der Waals surface area contributed by atoms with Crippen LogP contribution in [0.1, 0.15) is 17.1 Å². The molecule has 0 radical (unpaired) electrons. The van der Waals surface area contributed by atoms with Gasteiger partial charge in [-0.25, -0.2) is 9.67 Å². The highest BCUT2D eigenvalue weighted by Gasteiger charge is 2.11. The lowest BCUT2D eigenvalue weighted by atomic mass is 10.4. The van der Waals surface area contributed by atoms with Gasteiger partial charge in [0.1, 0.15) is 5.15 Å². The van der Waals surface area contributed by atoms with Gasteiger partial charge in [-0.15, -0.1) is 0 Å². The minimum Gasteiger partial charge on any atom is -0.215 e. The monoisotopic (exact) mass is 300 g/mol. The molecule has 0 fully saturated rings. The van der Waals surface area contributed by atoms with Crippen LogP contribution in [-0.4, -0.2) is 19.7 Å². The molecule has 0 unspecified atom stereocenters. The van der Waals surface area contributed by atoms with E-state index in [1.165, 1.54) is 0 Å². The summed E-state index contributed by atoms with van der Waals surface area (Å²) in [6.45, 7) is 5.75. The van der Waals surface area contributed by atoms with Crippen LogP contribution in [-0.2, 0) is 0 Å². The molecular weight excluding hydrogens is 291 g/mol. The Kier molecular flexibility index (Phi) is 2.99. The van der Waals surface area contributed by atoms with Gasteiger partial charge in [0, 0.05) is 5.69 Å². The fourth-order valence-electron chi connectivity index (χ4n) is 1.44. The molecular formula is C10H10BrClN4. The molecule has 16 heavy (non-hydrogen) atoms. The fourth-order valence-corrected chi connectivity index (χ4v) is 1.83. The minimum absolute atomic E-state index is 0.398. The molecule has 4 nitrogen and oxygen atoms in total. The van der Waals surface area contributed by atoms with E-state index in [9.17, 15) is 0 Å². The Morgan fingerprint density at radius 3 is 2.44 bits per heavy atom. The summed E-state index contributed by atoms with van der Waals surface area (Å²) < 4.78 is 2.40. The third kappa shape index (κ3) is 1.97. The number of rotatable bonds is 1. The molecule has 2 aromatic heterocycles. The first-order valence-electron chi connectivity index (χ1n) is 4.72. The molecule has 0 amide bonds. The summed E-state index contributed by atoms with van der Waals surface area (Å²) >= 11 is 9.31. The zero-order valence-electron chi connectivity index (χ0n) is 9.12. The molecule has 0 aliphatic carbocycles. The van der Waals surface area contributed by atoms with Crippen molar-refractivity contribution >= 4 is 27.5 Å². The number of aromatic nitrogens is 4. The smallest absolute Gasteiger partial charge is 0.215 e. The topological polar surface area (TPSA) is 43.6 Å². The van der Waals surface area contributed by atoms with E-state index in [2.05, 4.69) is 31.0 Å². The molecule has 0 saturated heterocycles. The minimum atomic E-state index is 0.398. The predicted molar refractivity (Wildman–Crippen MR) is 66.1 cm³/mol. The second-order valence-corrected chi connectivity index (χ2v) is 4.70. The van der Waals surface area contributed by atoms with Crippen LogP contribution in [0.2, 0.25) is 5.15 Å². The van der Waals surface area contributed by atoms with E-state index < -0.39 is 0 Å². The molecule has 0 aliphatic heterocycles. The van der Waals surface area contributed by atoms with Gasteiger partial charge in [0.15, 0.2) is 0 Å². The van der Waals surface area contributed by atoms with Crippen LogP contribution in [0.5, 0.6) is 0 Å². The average Bonchev–Trinajstić information content (AvgIpc) is 2.53. The Morgan fingerprint density at radius 1 is 1.25 bits per heavy atom. The number of hydrogen-bond donors (Lipinski definition) is 0. The summed E-state index contributed by atoms with van der Waals surface area (Å²) in [4.78, 5) is 8.52. The molecule has 84 valence electrons. The van der Waals surface area contributed by atoms with Crippen molar-refractivity contribution in [2.75, 3.05) is 0 Å². The van der Waals surface area contributed by atoms with Crippen molar-refractivity contribution in [1.82, 2.24) is 19.7 Å². The lowest BCUT2D eigenvalue weighted by Gasteiger charge is -2.05. The standard InChI is InChI=1S/C10H10BrClN4/c1-5-4-6(2)16(15-5)10-13-7(3)8(11)9(12)14-10/h4H,1-3H3. The fraction of sp³-hybridized carbons (Fsp3) is 0.300. The van der Waals surface area contributed by atoms with Crippen molar-refractivity contribution < 1.29 is 0 Å². The Morgan fingerprint density at radius 2 is 1.94 bits per heavy atom. The first kappa shape index (κ1) is 11.5. The lowest BCUT2D eigenvalue weighted by molar-refractivity contribution is 0.767. The van der Waals surface area contributed by atoms with E-state index >= 15 is 0 Å². The molecule has 0 aliphatic rings. The second-order valence-electron chi connectivity index (χ2n) is 3.55. The normalized spacial score (nSPS) is 10.8. The number of aryl methyl sites for hydroxylation is 3. The Bertz CT molecular complexity index is 527. The summed E-state index contributed by atoms with van der Waals surface area (Å²) in [5.74, 6) is 0.497. The summed E-state index contributed by atoms with van der Waals surface area (Å²) in [7, 11) is 0. The molecule has 2 aromatic rings. The maximum absolute atomic E-state index is 5.99. The van der Waals surface area contributed by atoms with E-state index in [0.717, 1.165) is 21.6 Å². The largest absolute Gasteiger partial charge is 0.252 e. The molecule has 0 atom stereocenters. The predicted octanol–water partition coefficient (Wildman–Crippen LogP) is 3.00. The number of hydrogen-bond acceptors (Lipinski definition) is 3. The first-order valence-corrected chi connectivity index (χ1v) is 5.89. The van der Waals surface area contributed by atoms with Crippen LogP contribution >= 0.6 is 27.5 Å². The second kappa shape index (κ2) is 4.14. The van der Waals surface area contributed by atoms with Gasteiger partial charge in [-0.2, -0.15) is 10.1 Å². The zero-order chi connectivity index (χ0) is 11.9.